The fourth-order valence-corrected chi connectivity index (χ4v) is 3.82. The Morgan fingerprint density at radius 3 is 2.26 bits per heavy atom. The van der Waals surface area contributed by atoms with Crippen LogP contribution in [0.4, 0.5) is 0 Å². The number of sulfonamides is 1. The van der Waals surface area contributed by atoms with Gasteiger partial charge in [0.1, 0.15) is 0 Å². The topological polar surface area (TPSA) is 83.9 Å². The van der Waals surface area contributed by atoms with Crippen molar-refractivity contribution in [3.8, 4) is 0 Å². The average Bonchev–Trinajstić information content (AvgIpc) is 2.67. The van der Waals surface area contributed by atoms with Gasteiger partial charge in [0.05, 0.1) is 24.2 Å². The number of hydrogen-bond donors (Lipinski definition) is 1. The number of ether oxygens (including phenoxy) is 1. The monoisotopic (exact) mass is 389 g/mol. The molecule has 0 aliphatic rings. The Morgan fingerprint density at radius 1 is 1.07 bits per heavy atom. The van der Waals surface area contributed by atoms with E-state index in [1.54, 1.807) is 54.6 Å². The average molecular weight is 389 g/mol. The van der Waals surface area contributed by atoms with E-state index in [0.29, 0.717) is 5.56 Å². The van der Waals surface area contributed by atoms with Crippen molar-refractivity contribution in [2.24, 2.45) is 0 Å². The third-order valence-corrected chi connectivity index (χ3v) is 5.80. The van der Waals surface area contributed by atoms with Gasteiger partial charge in [-0.3, -0.25) is 0 Å². The Balaban J connectivity index is 2.29. The molecule has 0 radical (unpaired) electrons. The fourth-order valence-electron chi connectivity index (χ4n) is 2.44. The summed E-state index contributed by atoms with van der Waals surface area (Å²) in [5.74, 6) is -0.448. The van der Waals surface area contributed by atoms with E-state index in [0.717, 1.165) is 11.1 Å². The first kappa shape index (κ1) is 20.8. The van der Waals surface area contributed by atoms with Gasteiger partial charge < -0.3 is 9.84 Å². The number of carbonyl (C=O) groups excluding carboxylic acids is 1. The van der Waals surface area contributed by atoms with Gasteiger partial charge in [-0.05, 0) is 36.8 Å². The smallest absolute Gasteiger partial charge is 0.337 e. The Morgan fingerprint density at radius 2 is 1.70 bits per heavy atom. The molecule has 0 saturated heterocycles. The molecule has 0 amide bonds. The van der Waals surface area contributed by atoms with Crippen LogP contribution >= 0.6 is 0 Å². The number of aliphatic hydroxyl groups excluding tert-OH is 1. The largest absolute Gasteiger partial charge is 0.465 e. The fraction of sp³-hybridized carbons (Fsp3) is 0.250. The molecule has 1 N–H and O–H groups in total. The second kappa shape index (κ2) is 9.45. The summed E-state index contributed by atoms with van der Waals surface area (Å²) in [7, 11) is -2.41. The minimum atomic E-state index is -3.72. The molecule has 0 spiro atoms. The van der Waals surface area contributed by atoms with Crippen LogP contribution in [0.25, 0.3) is 0 Å². The number of nitrogens with zero attached hydrogens (tertiary/aromatic N) is 1. The molecule has 2 aromatic carbocycles. The van der Waals surface area contributed by atoms with Crippen LogP contribution in [0, 0.1) is 6.92 Å². The first-order chi connectivity index (χ1) is 12.9. The maximum Gasteiger partial charge on any atom is 0.337 e. The summed E-state index contributed by atoms with van der Waals surface area (Å²) in [4.78, 5) is 11.7. The van der Waals surface area contributed by atoms with E-state index in [1.165, 1.54) is 17.5 Å². The zero-order valence-electron chi connectivity index (χ0n) is 15.3. The summed E-state index contributed by atoms with van der Waals surface area (Å²) in [6.07, 6.45) is 3.10. The summed E-state index contributed by atoms with van der Waals surface area (Å²) < 4.78 is 32.0. The molecule has 0 fully saturated rings. The lowest BCUT2D eigenvalue weighted by atomic mass is 10.1. The number of carbonyl (C=O) groups is 1. The lowest BCUT2D eigenvalue weighted by molar-refractivity contribution is 0.0600. The third kappa shape index (κ3) is 5.50. The first-order valence-corrected chi connectivity index (χ1v) is 9.82. The molecule has 0 aliphatic heterocycles. The molecule has 2 rings (SSSR count). The Kier molecular flexibility index (Phi) is 7.29. The first-order valence-electron chi connectivity index (χ1n) is 8.38. The number of esters is 1. The van der Waals surface area contributed by atoms with Gasteiger partial charge in [0.15, 0.2) is 0 Å². The van der Waals surface area contributed by atoms with Gasteiger partial charge in [-0.2, -0.15) is 4.31 Å². The lowest BCUT2D eigenvalue weighted by Gasteiger charge is -2.21. The molecule has 0 bridgehead atoms. The molecule has 0 atom stereocenters. The van der Waals surface area contributed by atoms with Crippen LogP contribution in [0.1, 0.15) is 21.5 Å². The molecule has 0 unspecified atom stereocenters. The van der Waals surface area contributed by atoms with Gasteiger partial charge in [-0.15, -0.1) is 0 Å². The van der Waals surface area contributed by atoms with Gasteiger partial charge in [-0.1, -0.05) is 42.0 Å². The minimum absolute atomic E-state index is 0.121. The Bertz CT molecular complexity index is 887. The molecule has 0 aromatic heterocycles. The van der Waals surface area contributed by atoms with Gasteiger partial charge in [0, 0.05) is 13.1 Å². The predicted molar refractivity (Wildman–Crippen MR) is 103 cm³/mol. The molecule has 0 heterocycles. The summed E-state index contributed by atoms with van der Waals surface area (Å²) in [5, 5.41) is 8.93. The highest BCUT2D eigenvalue weighted by Gasteiger charge is 2.23. The summed E-state index contributed by atoms with van der Waals surface area (Å²) in [6, 6.07) is 13.2. The van der Waals surface area contributed by atoms with Crippen molar-refractivity contribution in [1.82, 2.24) is 4.31 Å². The third-order valence-electron chi connectivity index (χ3n) is 3.97. The standard InChI is InChI=1S/C20H23NO5S/c1-16-5-11-19(12-6-16)27(24,25)21(13-3-4-14-22)15-17-7-9-18(10-8-17)20(23)26-2/h3-12,22H,13-15H2,1-2H3/b4-3-. The van der Waals surface area contributed by atoms with Crippen molar-refractivity contribution in [2.45, 2.75) is 18.4 Å². The van der Waals surface area contributed by atoms with Gasteiger partial charge in [-0.25, -0.2) is 13.2 Å². The van der Waals surface area contributed by atoms with E-state index in [4.69, 9.17) is 5.11 Å². The van der Waals surface area contributed by atoms with Crippen LogP contribution in [0.2, 0.25) is 0 Å². The van der Waals surface area contributed by atoms with Gasteiger partial charge >= 0.3 is 5.97 Å². The number of rotatable bonds is 8. The lowest BCUT2D eigenvalue weighted by Crippen LogP contribution is -2.31. The van der Waals surface area contributed by atoms with E-state index in [1.807, 2.05) is 6.92 Å². The van der Waals surface area contributed by atoms with Crippen LogP contribution in [0.15, 0.2) is 65.6 Å². The maximum absolute atomic E-state index is 13.0. The molecule has 0 aliphatic carbocycles. The van der Waals surface area contributed by atoms with E-state index in [-0.39, 0.29) is 24.6 Å². The van der Waals surface area contributed by atoms with E-state index in [2.05, 4.69) is 4.74 Å². The van der Waals surface area contributed by atoms with Crippen molar-refractivity contribution in [3.05, 3.63) is 77.4 Å². The SMILES string of the molecule is COC(=O)c1ccc(CN(C/C=C\CO)S(=O)(=O)c2ccc(C)cc2)cc1. The normalized spacial score (nSPS) is 11.9. The Labute approximate surface area is 159 Å². The zero-order valence-corrected chi connectivity index (χ0v) is 16.1. The molecule has 144 valence electrons. The molecule has 0 saturated carbocycles. The minimum Gasteiger partial charge on any atom is -0.465 e. The summed E-state index contributed by atoms with van der Waals surface area (Å²) in [5.41, 5.74) is 2.10. The number of benzene rings is 2. The summed E-state index contributed by atoms with van der Waals surface area (Å²) >= 11 is 0. The summed E-state index contributed by atoms with van der Waals surface area (Å²) in [6.45, 7) is 1.98. The second-order valence-corrected chi connectivity index (χ2v) is 7.89. The van der Waals surface area contributed by atoms with Crippen LogP contribution in [0.5, 0.6) is 0 Å². The van der Waals surface area contributed by atoms with Crippen LogP contribution in [-0.4, -0.2) is 44.1 Å². The number of aliphatic hydroxyl groups is 1. The molecular weight excluding hydrogens is 366 g/mol. The van der Waals surface area contributed by atoms with E-state index < -0.39 is 16.0 Å². The second-order valence-electron chi connectivity index (χ2n) is 5.95. The van der Waals surface area contributed by atoms with Crippen molar-refractivity contribution < 1.29 is 23.1 Å². The maximum atomic E-state index is 13.0. The number of aryl methyl sites for hydroxylation is 1. The predicted octanol–water partition coefficient (Wildman–Crippen LogP) is 2.52. The van der Waals surface area contributed by atoms with Gasteiger partial charge in [0.25, 0.3) is 0 Å². The zero-order chi connectivity index (χ0) is 19.9. The molecule has 6 nitrogen and oxygen atoms in total. The number of methoxy groups -OCH3 is 1. The molecule has 2 aromatic rings. The highest BCUT2D eigenvalue weighted by Crippen LogP contribution is 2.19. The van der Waals surface area contributed by atoms with Crippen molar-refractivity contribution in [3.63, 3.8) is 0 Å². The van der Waals surface area contributed by atoms with Crippen molar-refractivity contribution in [2.75, 3.05) is 20.3 Å². The molecular formula is C20H23NO5S. The van der Waals surface area contributed by atoms with Crippen LogP contribution in [-0.2, 0) is 21.3 Å². The molecule has 7 heteroatoms. The highest BCUT2D eigenvalue weighted by atomic mass is 32.2. The van der Waals surface area contributed by atoms with Gasteiger partial charge in [0.2, 0.25) is 10.0 Å². The number of hydrogen-bond acceptors (Lipinski definition) is 5. The quantitative estimate of drug-likeness (QED) is 0.554. The van der Waals surface area contributed by atoms with Crippen LogP contribution in [0.3, 0.4) is 0 Å². The van der Waals surface area contributed by atoms with E-state index >= 15 is 0 Å². The Hall–Kier alpha value is -2.48. The van der Waals surface area contributed by atoms with E-state index in [9.17, 15) is 13.2 Å². The molecule has 27 heavy (non-hydrogen) atoms. The van der Waals surface area contributed by atoms with Crippen LogP contribution < -0.4 is 0 Å². The highest BCUT2D eigenvalue weighted by molar-refractivity contribution is 7.89. The van der Waals surface area contributed by atoms with Crippen molar-refractivity contribution >= 4 is 16.0 Å². The van der Waals surface area contributed by atoms with Crippen molar-refractivity contribution in [1.29, 1.82) is 0 Å².